The van der Waals surface area contributed by atoms with E-state index in [0.717, 1.165) is 0 Å². The highest BCUT2D eigenvalue weighted by Crippen LogP contribution is 2.40. The van der Waals surface area contributed by atoms with Gasteiger partial charge in [-0.25, -0.2) is 15.0 Å². The van der Waals surface area contributed by atoms with Gasteiger partial charge in [-0.3, -0.25) is 4.79 Å². The van der Waals surface area contributed by atoms with Gasteiger partial charge in [0.25, 0.3) is 0 Å². The average molecular weight is 748 g/mol. The smallest absolute Gasteiger partial charge is 0.414 e. The van der Waals surface area contributed by atoms with Gasteiger partial charge in [0, 0.05) is 38.0 Å². The predicted molar refractivity (Wildman–Crippen MR) is 191 cm³/mol. The Hall–Kier alpha value is -2.37. The topological polar surface area (TPSA) is 138 Å². The van der Waals surface area contributed by atoms with Crippen LogP contribution in [0.3, 0.4) is 0 Å². The van der Waals surface area contributed by atoms with Crippen LogP contribution in [0.4, 0.5) is 19.0 Å². The molecule has 2 aromatic rings. The van der Waals surface area contributed by atoms with Crippen LogP contribution in [0.2, 0.25) is 18.1 Å². The number of aliphatic imine (C=N–C) groups is 1. The summed E-state index contributed by atoms with van der Waals surface area (Å²) in [6.07, 6.45) is -0.480. The van der Waals surface area contributed by atoms with Crippen molar-refractivity contribution in [2.75, 3.05) is 46.5 Å². The van der Waals surface area contributed by atoms with E-state index >= 15 is 0 Å². The molecule has 0 spiro atoms. The number of ether oxygens (including phenoxy) is 3. The molecule has 0 bridgehead atoms. The molecule has 274 valence electrons. The summed E-state index contributed by atoms with van der Waals surface area (Å²) in [7, 11) is 4.29. The molecule has 1 unspecified atom stereocenters. The van der Waals surface area contributed by atoms with Crippen LogP contribution in [-0.4, -0.2) is 110 Å². The molecule has 1 fully saturated rings. The number of fused-ring (bicyclic) bond motifs is 1. The number of alkyl halides is 3. The molecule has 0 aliphatic carbocycles. The first kappa shape index (κ1) is 41.1. The summed E-state index contributed by atoms with van der Waals surface area (Å²) in [4.78, 5) is 26.5. The molecule has 2 aromatic heterocycles. The van der Waals surface area contributed by atoms with Crippen molar-refractivity contribution in [3.8, 4) is 11.8 Å². The van der Waals surface area contributed by atoms with Gasteiger partial charge >= 0.3 is 12.1 Å². The predicted octanol–water partition coefficient (Wildman–Crippen LogP) is 5.43. The minimum Gasteiger partial charge on any atom is -0.414 e. The first-order valence-corrected chi connectivity index (χ1v) is 20.9. The van der Waals surface area contributed by atoms with Gasteiger partial charge in [-0.05, 0) is 32.0 Å². The number of carbonyl (C=O) groups is 1. The Morgan fingerprint density at radius 2 is 1.98 bits per heavy atom. The number of amides is 1. The molecule has 1 saturated heterocycles. The maximum Gasteiger partial charge on any atom is 0.471 e. The van der Waals surface area contributed by atoms with Crippen LogP contribution in [-0.2, 0) is 23.4 Å². The molecule has 3 heterocycles. The lowest BCUT2D eigenvalue weighted by Gasteiger charge is -2.37. The highest BCUT2D eigenvalue weighted by atomic mass is 33.1. The van der Waals surface area contributed by atoms with Gasteiger partial charge in [-0.2, -0.15) is 13.2 Å². The standard InChI is InChI=1S/C31H48F3N7O5S2Si/c1-29(2,3)49(8,9)45-15-23-22(44-17-35)13-24(46-23)41-14-21(25-26(39-19-40(6)7)37-18-38-27(25)41)11-10-12-43-20-47-48-30(4,5)16-36-28(42)31(32,33)34/h14,18-19,22-24H,12-13,15-17,20,35H2,1-9H3,(H,36,42)/t22?,23-,24-/m1/s1. The molecule has 0 saturated carbocycles. The largest absolute Gasteiger partial charge is 0.471 e. The molecule has 3 N–H and O–H groups in total. The fourth-order valence-electron chi connectivity index (χ4n) is 4.34. The second kappa shape index (κ2) is 17.2. The Balaban J connectivity index is 1.76. The van der Waals surface area contributed by atoms with Gasteiger partial charge in [-0.15, -0.1) is 0 Å². The van der Waals surface area contributed by atoms with E-state index in [2.05, 4.69) is 60.7 Å². The summed E-state index contributed by atoms with van der Waals surface area (Å²) in [5.41, 5.74) is 7.03. The SMILES string of the molecule is CN(C)C=Nc1ncnc2c1c(C#CCOCSSC(C)(C)CNC(=O)C(F)(F)F)cn2[C@H]1CC(OCN)[C@@H](CO[Si](C)(C)C(C)(C)C)O1. The van der Waals surface area contributed by atoms with E-state index in [1.807, 2.05) is 30.2 Å². The molecule has 3 atom stereocenters. The lowest BCUT2D eigenvalue weighted by atomic mass is 10.2. The molecular formula is C31H48F3N7O5S2Si. The first-order valence-electron chi connectivity index (χ1n) is 15.7. The number of hydrogen-bond donors (Lipinski definition) is 2. The molecule has 18 heteroatoms. The number of hydrogen-bond acceptors (Lipinski definition) is 11. The van der Waals surface area contributed by atoms with Crippen LogP contribution in [0.1, 0.15) is 52.8 Å². The Bertz CT molecular complexity index is 1510. The first-order chi connectivity index (χ1) is 22.8. The summed E-state index contributed by atoms with van der Waals surface area (Å²) in [6, 6.07) is 0. The zero-order chi connectivity index (χ0) is 36.6. The average Bonchev–Trinajstić information content (AvgIpc) is 3.57. The molecule has 1 amide bonds. The third-order valence-electron chi connectivity index (χ3n) is 7.96. The van der Waals surface area contributed by atoms with E-state index in [-0.39, 0.29) is 43.1 Å². The number of nitrogens with zero attached hydrogens (tertiary/aromatic N) is 5. The van der Waals surface area contributed by atoms with Gasteiger partial charge in [-0.1, -0.05) is 54.2 Å². The molecule has 49 heavy (non-hydrogen) atoms. The fraction of sp³-hybridized carbons (Fsp3) is 0.677. The maximum atomic E-state index is 12.5. The van der Waals surface area contributed by atoms with Crippen LogP contribution in [0.5, 0.6) is 0 Å². The molecule has 12 nitrogen and oxygen atoms in total. The summed E-state index contributed by atoms with van der Waals surface area (Å²) in [6.45, 7) is 14.8. The fourth-order valence-corrected chi connectivity index (χ4v) is 7.49. The second-order valence-corrected chi connectivity index (χ2v) is 21.5. The van der Waals surface area contributed by atoms with Crippen molar-refractivity contribution in [1.82, 2.24) is 24.8 Å². The summed E-state index contributed by atoms with van der Waals surface area (Å²) < 4.78 is 63.3. The lowest BCUT2D eigenvalue weighted by Crippen LogP contribution is -2.44. The summed E-state index contributed by atoms with van der Waals surface area (Å²) in [5.74, 6) is 4.91. The molecule has 1 aliphatic rings. The number of carbonyl (C=O) groups excluding carboxylic acids is 1. The Morgan fingerprint density at radius 3 is 2.61 bits per heavy atom. The summed E-state index contributed by atoms with van der Waals surface area (Å²) >= 11 is 0. The Kier molecular flexibility index (Phi) is 14.4. The van der Waals surface area contributed by atoms with Gasteiger partial charge in [0.05, 0.1) is 36.7 Å². The summed E-state index contributed by atoms with van der Waals surface area (Å²) in [5, 5.41) is 2.61. The minimum atomic E-state index is -4.92. The van der Waals surface area contributed by atoms with E-state index in [1.165, 1.54) is 27.9 Å². The quantitative estimate of drug-likeness (QED) is 0.0459. The van der Waals surface area contributed by atoms with Gasteiger partial charge in [0.15, 0.2) is 14.1 Å². The van der Waals surface area contributed by atoms with Crippen LogP contribution in [0, 0.1) is 11.8 Å². The third kappa shape index (κ3) is 11.8. The van der Waals surface area contributed by atoms with Crippen molar-refractivity contribution in [2.45, 2.75) is 88.5 Å². The van der Waals surface area contributed by atoms with Gasteiger partial charge in [0.2, 0.25) is 0 Å². The van der Waals surface area contributed by atoms with E-state index in [1.54, 1.807) is 25.1 Å². The number of nitrogens with one attached hydrogen (secondary N) is 1. The highest BCUT2D eigenvalue weighted by molar-refractivity contribution is 8.77. The van der Waals surface area contributed by atoms with E-state index in [4.69, 9.17) is 24.4 Å². The van der Waals surface area contributed by atoms with Crippen molar-refractivity contribution >= 4 is 59.0 Å². The Morgan fingerprint density at radius 1 is 1.27 bits per heavy atom. The van der Waals surface area contributed by atoms with E-state index in [9.17, 15) is 18.0 Å². The van der Waals surface area contributed by atoms with Crippen molar-refractivity contribution in [3.05, 3.63) is 18.1 Å². The van der Waals surface area contributed by atoms with Crippen molar-refractivity contribution in [3.63, 3.8) is 0 Å². The van der Waals surface area contributed by atoms with E-state index < -0.39 is 31.4 Å². The Labute approximate surface area is 295 Å². The third-order valence-corrected chi connectivity index (χ3v) is 15.4. The number of aromatic nitrogens is 3. The normalized spacial score (nSPS) is 19.0. The van der Waals surface area contributed by atoms with Crippen LogP contribution < -0.4 is 11.1 Å². The minimum absolute atomic E-state index is 0.0381. The van der Waals surface area contributed by atoms with Crippen LogP contribution in [0.25, 0.3) is 11.0 Å². The number of halogens is 3. The molecule has 0 aromatic carbocycles. The van der Waals surface area contributed by atoms with Crippen molar-refractivity contribution in [2.24, 2.45) is 10.7 Å². The molecular weight excluding hydrogens is 700 g/mol. The monoisotopic (exact) mass is 747 g/mol. The highest BCUT2D eigenvalue weighted by Gasteiger charge is 2.42. The maximum absolute atomic E-state index is 12.5. The van der Waals surface area contributed by atoms with Crippen LogP contribution >= 0.6 is 21.6 Å². The zero-order valence-electron chi connectivity index (χ0n) is 29.5. The lowest BCUT2D eigenvalue weighted by molar-refractivity contribution is -0.173. The molecule has 3 rings (SSSR count). The zero-order valence-corrected chi connectivity index (χ0v) is 32.1. The van der Waals surface area contributed by atoms with Gasteiger partial charge < -0.3 is 39.2 Å². The van der Waals surface area contributed by atoms with Crippen LogP contribution in [0.15, 0.2) is 17.5 Å². The van der Waals surface area contributed by atoms with Gasteiger partial charge in [0.1, 0.15) is 36.9 Å². The molecule has 1 aliphatic heterocycles. The number of nitrogens with two attached hydrogens (primary N) is 1. The number of rotatable bonds is 15. The molecule has 0 radical (unpaired) electrons. The van der Waals surface area contributed by atoms with E-state index in [0.29, 0.717) is 35.4 Å². The second-order valence-electron chi connectivity index (χ2n) is 13.8. The van der Waals surface area contributed by atoms with Crippen molar-refractivity contribution < 1.29 is 36.6 Å². The van der Waals surface area contributed by atoms with Crippen molar-refractivity contribution in [1.29, 1.82) is 0 Å².